The van der Waals surface area contributed by atoms with Crippen LogP contribution in [0.3, 0.4) is 0 Å². The largest absolute Gasteiger partial charge is 0.480 e. The summed E-state index contributed by atoms with van der Waals surface area (Å²) >= 11 is 6.87. The van der Waals surface area contributed by atoms with Gasteiger partial charge in [0.05, 0.1) is 4.47 Å². The fourth-order valence-electron chi connectivity index (χ4n) is 2.75. The Morgan fingerprint density at radius 3 is 2.65 bits per heavy atom. The van der Waals surface area contributed by atoms with Crippen LogP contribution in [0.25, 0.3) is 0 Å². The van der Waals surface area contributed by atoms with Crippen LogP contribution in [0.1, 0.15) is 18.1 Å². The molecule has 0 radical (unpaired) electrons. The lowest BCUT2D eigenvalue weighted by Gasteiger charge is -2.31. The molecule has 1 heterocycles. The van der Waals surface area contributed by atoms with Crippen molar-refractivity contribution in [3.05, 3.63) is 62.5 Å². The standard InChI is InChI=1S/C18H17Br2NO2/c1-12(23-17-7-6-15(19)10-16(17)20)18(22)21-9-8-13-4-2-3-5-14(13)11-21/h2-7,10,12H,8-9,11H2,1H3. The van der Waals surface area contributed by atoms with E-state index in [0.717, 1.165) is 21.9 Å². The first-order valence-electron chi connectivity index (χ1n) is 7.52. The summed E-state index contributed by atoms with van der Waals surface area (Å²) in [6.45, 7) is 3.20. The Morgan fingerprint density at radius 2 is 1.91 bits per heavy atom. The van der Waals surface area contributed by atoms with Crippen molar-refractivity contribution in [3.63, 3.8) is 0 Å². The lowest BCUT2D eigenvalue weighted by Crippen LogP contribution is -2.43. The van der Waals surface area contributed by atoms with Crippen LogP contribution in [0.15, 0.2) is 51.4 Å². The molecule has 3 rings (SSSR count). The van der Waals surface area contributed by atoms with E-state index in [1.807, 2.05) is 35.2 Å². The van der Waals surface area contributed by atoms with Crippen molar-refractivity contribution in [3.8, 4) is 5.75 Å². The molecule has 2 aromatic carbocycles. The van der Waals surface area contributed by atoms with Crippen LogP contribution in [0, 0.1) is 0 Å². The van der Waals surface area contributed by atoms with Crippen molar-refractivity contribution < 1.29 is 9.53 Å². The van der Waals surface area contributed by atoms with Crippen LogP contribution in [-0.4, -0.2) is 23.5 Å². The lowest BCUT2D eigenvalue weighted by atomic mass is 9.99. The van der Waals surface area contributed by atoms with Gasteiger partial charge in [0.15, 0.2) is 6.10 Å². The van der Waals surface area contributed by atoms with Gasteiger partial charge in [0.25, 0.3) is 5.91 Å². The van der Waals surface area contributed by atoms with Crippen molar-refractivity contribution in [1.29, 1.82) is 0 Å². The summed E-state index contributed by atoms with van der Waals surface area (Å²) in [6, 6.07) is 13.9. The molecule has 0 aliphatic carbocycles. The summed E-state index contributed by atoms with van der Waals surface area (Å²) in [5.74, 6) is 0.695. The van der Waals surface area contributed by atoms with E-state index in [1.54, 1.807) is 6.92 Å². The number of carbonyl (C=O) groups is 1. The summed E-state index contributed by atoms with van der Waals surface area (Å²) in [6.07, 6.45) is 0.383. The Kier molecular flexibility index (Phi) is 5.07. The van der Waals surface area contributed by atoms with Gasteiger partial charge in [-0.25, -0.2) is 0 Å². The van der Waals surface area contributed by atoms with Crippen LogP contribution in [0.4, 0.5) is 0 Å². The first-order valence-corrected chi connectivity index (χ1v) is 9.10. The highest BCUT2D eigenvalue weighted by Gasteiger charge is 2.26. The second-order valence-electron chi connectivity index (χ2n) is 5.61. The minimum atomic E-state index is -0.516. The number of rotatable bonds is 3. The van der Waals surface area contributed by atoms with Gasteiger partial charge in [-0.1, -0.05) is 40.2 Å². The second kappa shape index (κ2) is 7.05. The molecule has 1 amide bonds. The molecule has 1 unspecified atom stereocenters. The highest BCUT2D eigenvalue weighted by atomic mass is 79.9. The predicted molar refractivity (Wildman–Crippen MR) is 97.5 cm³/mol. The molecule has 5 heteroatoms. The number of hydrogen-bond acceptors (Lipinski definition) is 2. The van der Waals surface area contributed by atoms with Crippen molar-refractivity contribution >= 4 is 37.8 Å². The van der Waals surface area contributed by atoms with Crippen LogP contribution < -0.4 is 4.74 Å². The van der Waals surface area contributed by atoms with Gasteiger partial charge in [-0.2, -0.15) is 0 Å². The Labute approximate surface area is 152 Å². The summed E-state index contributed by atoms with van der Waals surface area (Å²) in [4.78, 5) is 14.5. The lowest BCUT2D eigenvalue weighted by molar-refractivity contribution is -0.138. The molecule has 0 N–H and O–H groups in total. The summed E-state index contributed by atoms with van der Waals surface area (Å²) in [5, 5.41) is 0. The zero-order valence-electron chi connectivity index (χ0n) is 12.8. The molecule has 1 aliphatic heterocycles. The van der Waals surface area contributed by atoms with E-state index in [4.69, 9.17) is 4.74 Å². The zero-order valence-corrected chi connectivity index (χ0v) is 15.9. The average Bonchev–Trinajstić information content (AvgIpc) is 2.56. The molecule has 2 aromatic rings. The van der Waals surface area contributed by atoms with Crippen molar-refractivity contribution in [2.75, 3.05) is 6.54 Å². The number of fused-ring (bicyclic) bond motifs is 1. The first kappa shape index (κ1) is 16.5. The highest BCUT2D eigenvalue weighted by Crippen LogP contribution is 2.29. The predicted octanol–water partition coefficient (Wildman–Crippen LogP) is 4.56. The second-order valence-corrected chi connectivity index (χ2v) is 7.38. The van der Waals surface area contributed by atoms with E-state index in [9.17, 15) is 4.79 Å². The number of benzene rings is 2. The van der Waals surface area contributed by atoms with Crippen LogP contribution in [0.2, 0.25) is 0 Å². The number of halogens is 2. The Hall–Kier alpha value is -1.33. The molecular weight excluding hydrogens is 422 g/mol. The van der Waals surface area contributed by atoms with E-state index < -0.39 is 6.10 Å². The van der Waals surface area contributed by atoms with Gasteiger partial charge in [-0.05, 0) is 58.6 Å². The number of ether oxygens (including phenoxy) is 1. The molecule has 0 fully saturated rings. The number of carbonyl (C=O) groups excluding carboxylic acids is 1. The van der Waals surface area contributed by atoms with E-state index in [-0.39, 0.29) is 5.91 Å². The average molecular weight is 439 g/mol. The van der Waals surface area contributed by atoms with Crippen molar-refractivity contribution in [2.24, 2.45) is 0 Å². The Morgan fingerprint density at radius 1 is 1.17 bits per heavy atom. The quantitative estimate of drug-likeness (QED) is 0.702. The molecule has 1 atom stereocenters. The third-order valence-corrected chi connectivity index (χ3v) is 5.10. The van der Waals surface area contributed by atoms with Gasteiger partial charge < -0.3 is 9.64 Å². The molecule has 0 saturated heterocycles. The van der Waals surface area contributed by atoms with Crippen LogP contribution in [0.5, 0.6) is 5.75 Å². The third-order valence-electron chi connectivity index (χ3n) is 3.99. The normalized spacial score (nSPS) is 15.0. The maximum atomic E-state index is 12.7. The molecule has 23 heavy (non-hydrogen) atoms. The monoisotopic (exact) mass is 437 g/mol. The number of hydrogen-bond donors (Lipinski definition) is 0. The molecule has 0 bridgehead atoms. The molecule has 3 nitrogen and oxygen atoms in total. The minimum Gasteiger partial charge on any atom is -0.480 e. The fourth-order valence-corrected chi connectivity index (χ4v) is 3.89. The molecular formula is C18H17Br2NO2. The summed E-state index contributed by atoms with van der Waals surface area (Å²) < 4.78 is 7.63. The maximum absolute atomic E-state index is 12.7. The Bertz CT molecular complexity index is 733. The van der Waals surface area contributed by atoms with Crippen molar-refractivity contribution in [1.82, 2.24) is 4.90 Å². The Balaban J connectivity index is 1.68. The molecule has 0 aromatic heterocycles. The maximum Gasteiger partial charge on any atom is 0.263 e. The smallest absolute Gasteiger partial charge is 0.263 e. The summed E-state index contributed by atoms with van der Waals surface area (Å²) in [5.41, 5.74) is 2.56. The van der Waals surface area contributed by atoms with E-state index in [0.29, 0.717) is 12.3 Å². The summed E-state index contributed by atoms with van der Waals surface area (Å²) in [7, 11) is 0. The number of nitrogens with zero attached hydrogens (tertiary/aromatic N) is 1. The topological polar surface area (TPSA) is 29.5 Å². The van der Waals surface area contributed by atoms with Gasteiger partial charge >= 0.3 is 0 Å². The minimum absolute atomic E-state index is 0.0225. The first-order chi connectivity index (χ1) is 11.0. The van der Waals surface area contributed by atoms with E-state index >= 15 is 0 Å². The molecule has 0 saturated carbocycles. The van der Waals surface area contributed by atoms with Gasteiger partial charge in [0, 0.05) is 17.6 Å². The van der Waals surface area contributed by atoms with Gasteiger partial charge in [-0.15, -0.1) is 0 Å². The van der Waals surface area contributed by atoms with Crippen molar-refractivity contribution in [2.45, 2.75) is 26.0 Å². The zero-order chi connectivity index (χ0) is 16.4. The van der Waals surface area contributed by atoms with Gasteiger partial charge in [-0.3, -0.25) is 4.79 Å². The molecule has 120 valence electrons. The third kappa shape index (κ3) is 3.78. The van der Waals surface area contributed by atoms with Gasteiger partial charge in [0.2, 0.25) is 0 Å². The van der Waals surface area contributed by atoms with E-state index in [2.05, 4.69) is 44.0 Å². The SMILES string of the molecule is CC(Oc1ccc(Br)cc1Br)C(=O)N1CCc2ccccc2C1. The molecule has 0 spiro atoms. The van der Waals surface area contributed by atoms with Crippen LogP contribution >= 0.6 is 31.9 Å². The van der Waals surface area contributed by atoms with Crippen LogP contribution in [-0.2, 0) is 17.8 Å². The van der Waals surface area contributed by atoms with E-state index in [1.165, 1.54) is 11.1 Å². The van der Waals surface area contributed by atoms with Gasteiger partial charge in [0.1, 0.15) is 5.75 Å². The highest BCUT2D eigenvalue weighted by molar-refractivity contribution is 9.11. The molecule has 1 aliphatic rings. The fraction of sp³-hybridized carbons (Fsp3) is 0.278. The number of amides is 1.